The normalized spacial score (nSPS) is 11.4. The Labute approximate surface area is 159 Å². The fourth-order valence-electron chi connectivity index (χ4n) is 3.05. The van der Waals surface area contributed by atoms with Crippen molar-refractivity contribution >= 4 is 32.5 Å². The molecule has 1 heterocycles. The van der Waals surface area contributed by atoms with Crippen LogP contribution in [-0.4, -0.2) is 38.7 Å². The maximum absolute atomic E-state index is 12.2. The first kappa shape index (κ1) is 19.0. The van der Waals surface area contributed by atoms with Crippen molar-refractivity contribution in [3.05, 3.63) is 66.4 Å². The van der Waals surface area contributed by atoms with Crippen molar-refractivity contribution in [2.75, 3.05) is 23.7 Å². The van der Waals surface area contributed by atoms with Crippen molar-refractivity contribution in [3.63, 3.8) is 0 Å². The maximum atomic E-state index is 12.2. The molecule has 7 heteroatoms. The monoisotopic (exact) mass is 385 g/mol. The zero-order valence-corrected chi connectivity index (χ0v) is 16.0. The van der Waals surface area contributed by atoms with Gasteiger partial charge >= 0.3 is 0 Å². The summed E-state index contributed by atoms with van der Waals surface area (Å²) < 4.78 is 25.3. The number of sulfonamides is 1. The minimum Gasteiger partial charge on any atom is -0.361 e. The largest absolute Gasteiger partial charge is 0.361 e. The second kappa shape index (κ2) is 8.26. The van der Waals surface area contributed by atoms with Crippen LogP contribution in [-0.2, 0) is 21.2 Å². The zero-order valence-electron chi connectivity index (χ0n) is 15.2. The minimum atomic E-state index is -3.44. The van der Waals surface area contributed by atoms with Crippen molar-refractivity contribution in [3.8, 4) is 0 Å². The Morgan fingerprint density at radius 2 is 1.78 bits per heavy atom. The summed E-state index contributed by atoms with van der Waals surface area (Å²) in [5.74, 6) is -0.167. The molecule has 2 aromatic carbocycles. The number of anilines is 1. The van der Waals surface area contributed by atoms with E-state index in [4.69, 9.17) is 0 Å². The molecular formula is C20H23N3O3S. The summed E-state index contributed by atoms with van der Waals surface area (Å²) >= 11 is 0. The Hall–Kier alpha value is -2.80. The quantitative estimate of drug-likeness (QED) is 0.625. The topological polar surface area (TPSA) is 82.3 Å². The Balaban J connectivity index is 1.53. The van der Waals surface area contributed by atoms with E-state index >= 15 is 0 Å². The number of rotatable bonds is 8. The van der Waals surface area contributed by atoms with E-state index in [9.17, 15) is 13.2 Å². The number of hydrogen-bond donors (Lipinski definition) is 2. The van der Waals surface area contributed by atoms with Gasteiger partial charge in [-0.3, -0.25) is 9.10 Å². The average Bonchev–Trinajstić information content (AvgIpc) is 3.05. The summed E-state index contributed by atoms with van der Waals surface area (Å²) in [6, 6.07) is 16.8. The molecule has 0 spiro atoms. The molecule has 0 aliphatic heterocycles. The van der Waals surface area contributed by atoms with Crippen molar-refractivity contribution in [1.82, 2.24) is 10.3 Å². The average molecular weight is 385 g/mol. The third-order valence-electron chi connectivity index (χ3n) is 4.38. The summed E-state index contributed by atoms with van der Waals surface area (Å²) in [5, 5.41) is 4.02. The molecule has 6 nitrogen and oxygen atoms in total. The molecule has 0 saturated carbocycles. The molecule has 0 radical (unpaired) electrons. The number of benzene rings is 2. The lowest BCUT2D eigenvalue weighted by molar-refractivity contribution is -0.120. The molecule has 142 valence electrons. The number of H-pyrrole nitrogens is 1. The molecule has 0 aliphatic carbocycles. The number of nitrogens with zero attached hydrogens (tertiary/aromatic N) is 1. The van der Waals surface area contributed by atoms with Gasteiger partial charge < -0.3 is 10.3 Å². The number of amides is 1. The van der Waals surface area contributed by atoms with E-state index in [2.05, 4.69) is 10.3 Å². The van der Waals surface area contributed by atoms with Gasteiger partial charge in [-0.15, -0.1) is 0 Å². The van der Waals surface area contributed by atoms with E-state index in [1.54, 1.807) is 24.3 Å². The van der Waals surface area contributed by atoms with E-state index in [-0.39, 0.29) is 18.9 Å². The molecule has 3 rings (SSSR count). The van der Waals surface area contributed by atoms with Gasteiger partial charge in [0, 0.05) is 36.6 Å². The minimum absolute atomic E-state index is 0.107. The predicted molar refractivity (Wildman–Crippen MR) is 108 cm³/mol. The summed E-state index contributed by atoms with van der Waals surface area (Å²) in [6.07, 6.45) is 3.92. The lowest BCUT2D eigenvalue weighted by Gasteiger charge is -2.22. The van der Waals surface area contributed by atoms with Crippen LogP contribution in [0.2, 0.25) is 0 Å². The first-order valence-electron chi connectivity index (χ1n) is 8.79. The molecular weight excluding hydrogens is 362 g/mol. The molecule has 0 saturated heterocycles. The molecule has 0 fully saturated rings. The Bertz CT molecular complexity index is 1010. The first-order chi connectivity index (χ1) is 12.9. The van der Waals surface area contributed by atoms with Crippen molar-refractivity contribution in [2.24, 2.45) is 0 Å². The third-order valence-corrected chi connectivity index (χ3v) is 5.57. The van der Waals surface area contributed by atoms with Gasteiger partial charge in [0.15, 0.2) is 0 Å². The van der Waals surface area contributed by atoms with Crippen LogP contribution in [0.3, 0.4) is 0 Å². The predicted octanol–water partition coefficient (Wildman–Crippen LogP) is 2.68. The molecule has 0 bridgehead atoms. The highest BCUT2D eigenvalue weighted by molar-refractivity contribution is 7.92. The number of hydrogen-bond acceptors (Lipinski definition) is 3. The summed E-state index contributed by atoms with van der Waals surface area (Å²) in [6.45, 7) is 0.618. The van der Waals surface area contributed by atoms with E-state index in [0.717, 1.165) is 22.7 Å². The van der Waals surface area contributed by atoms with Gasteiger partial charge in [-0.2, -0.15) is 0 Å². The van der Waals surface area contributed by atoms with Gasteiger partial charge in [0.05, 0.1) is 11.9 Å². The van der Waals surface area contributed by atoms with Crippen LogP contribution < -0.4 is 9.62 Å². The van der Waals surface area contributed by atoms with Crippen LogP contribution in [0, 0.1) is 0 Å². The fraction of sp³-hybridized carbons (Fsp3) is 0.250. The van der Waals surface area contributed by atoms with Crippen LogP contribution in [0.4, 0.5) is 5.69 Å². The molecule has 3 aromatic rings. The fourth-order valence-corrected chi connectivity index (χ4v) is 3.97. The number of carbonyl (C=O) groups is 1. The Morgan fingerprint density at radius 1 is 1.07 bits per heavy atom. The number of nitrogens with one attached hydrogen (secondary N) is 2. The molecule has 0 atom stereocenters. The van der Waals surface area contributed by atoms with Crippen LogP contribution in [0.25, 0.3) is 10.9 Å². The van der Waals surface area contributed by atoms with Crippen molar-refractivity contribution in [2.45, 2.75) is 12.8 Å². The van der Waals surface area contributed by atoms with Crippen molar-refractivity contribution < 1.29 is 13.2 Å². The standard InChI is InChI=1S/C20H23N3O3S/c1-27(25,26)23(17-7-3-2-4-8-17)14-12-20(24)21-13-11-16-15-22-19-10-6-5-9-18(16)19/h2-10,15,22H,11-14H2,1H3,(H,21,24). The third kappa shape index (κ3) is 4.89. The number of carbonyl (C=O) groups excluding carboxylic acids is 1. The second-order valence-electron chi connectivity index (χ2n) is 6.38. The van der Waals surface area contributed by atoms with E-state index < -0.39 is 10.0 Å². The highest BCUT2D eigenvalue weighted by Crippen LogP contribution is 2.18. The van der Waals surface area contributed by atoms with Gasteiger partial charge in [0.25, 0.3) is 0 Å². The summed E-state index contributed by atoms with van der Waals surface area (Å²) in [4.78, 5) is 15.4. The van der Waals surface area contributed by atoms with Crippen LogP contribution in [0.1, 0.15) is 12.0 Å². The number of aromatic nitrogens is 1. The SMILES string of the molecule is CS(=O)(=O)N(CCC(=O)NCCc1c[nH]c2ccccc12)c1ccccc1. The molecule has 1 amide bonds. The molecule has 1 aromatic heterocycles. The zero-order chi connectivity index (χ0) is 19.3. The summed E-state index contributed by atoms with van der Waals surface area (Å²) in [7, 11) is -3.44. The van der Waals surface area contributed by atoms with Crippen LogP contribution in [0.15, 0.2) is 60.8 Å². The van der Waals surface area contributed by atoms with Gasteiger partial charge in [0.1, 0.15) is 0 Å². The van der Waals surface area contributed by atoms with E-state index in [1.807, 2.05) is 36.5 Å². The van der Waals surface area contributed by atoms with Gasteiger partial charge in [-0.05, 0) is 30.2 Å². The Morgan fingerprint density at radius 3 is 2.52 bits per heavy atom. The Kier molecular flexibility index (Phi) is 5.81. The molecule has 27 heavy (non-hydrogen) atoms. The molecule has 0 unspecified atom stereocenters. The van der Waals surface area contributed by atoms with Gasteiger partial charge in [0.2, 0.25) is 15.9 Å². The van der Waals surface area contributed by atoms with Crippen molar-refractivity contribution in [1.29, 1.82) is 0 Å². The second-order valence-corrected chi connectivity index (χ2v) is 8.29. The van der Waals surface area contributed by atoms with Gasteiger partial charge in [-0.25, -0.2) is 8.42 Å². The number of para-hydroxylation sites is 2. The van der Waals surface area contributed by atoms with E-state index in [0.29, 0.717) is 18.7 Å². The van der Waals surface area contributed by atoms with Crippen LogP contribution in [0.5, 0.6) is 0 Å². The number of aromatic amines is 1. The maximum Gasteiger partial charge on any atom is 0.232 e. The smallest absolute Gasteiger partial charge is 0.232 e. The van der Waals surface area contributed by atoms with Crippen LogP contribution >= 0.6 is 0 Å². The molecule has 0 aliphatic rings. The van der Waals surface area contributed by atoms with E-state index in [1.165, 1.54) is 4.31 Å². The highest BCUT2D eigenvalue weighted by atomic mass is 32.2. The molecule has 2 N–H and O–H groups in total. The number of fused-ring (bicyclic) bond motifs is 1. The lowest BCUT2D eigenvalue weighted by atomic mass is 10.1. The first-order valence-corrected chi connectivity index (χ1v) is 10.6. The lowest BCUT2D eigenvalue weighted by Crippen LogP contribution is -2.35. The van der Waals surface area contributed by atoms with Gasteiger partial charge in [-0.1, -0.05) is 36.4 Å². The summed E-state index contributed by atoms with van der Waals surface area (Å²) in [5.41, 5.74) is 2.78. The highest BCUT2D eigenvalue weighted by Gasteiger charge is 2.18.